The molecule has 6 heteroatoms. The van der Waals surface area contributed by atoms with Crippen molar-refractivity contribution in [3.05, 3.63) is 29.8 Å². The second-order valence-corrected chi connectivity index (χ2v) is 8.12. The van der Waals surface area contributed by atoms with Gasteiger partial charge in [0.2, 0.25) is 10.0 Å². The van der Waals surface area contributed by atoms with E-state index in [0.717, 1.165) is 25.7 Å². The van der Waals surface area contributed by atoms with Gasteiger partial charge in [0.15, 0.2) is 0 Å². The molecule has 0 aliphatic carbocycles. The predicted octanol–water partition coefficient (Wildman–Crippen LogP) is 2.58. The van der Waals surface area contributed by atoms with Gasteiger partial charge < -0.3 is 5.32 Å². The first-order valence-corrected chi connectivity index (χ1v) is 9.38. The van der Waals surface area contributed by atoms with Gasteiger partial charge in [-0.3, -0.25) is 0 Å². The summed E-state index contributed by atoms with van der Waals surface area (Å²) in [4.78, 5) is 0.431. The molecule has 2 unspecified atom stereocenters. The molecule has 2 fully saturated rings. The molecule has 1 N–H and O–H groups in total. The summed E-state index contributed by atoms with van der Waals surface area (Å²) in [5.74, 6) is 0. The number of halogens is 1. The molecule has 0 aromatic heterocycles. The maximum Gasteiger partial charge on any atom is 0.243 e. The molecule has 2 aliphatic rings. The van der Waals surface area contributed by atoms with Crippen molar-refractivity contribution in [2.24, 2.45) is 0 Å². The topological polar surface area (TPSA) is 49.4 Å². The normalized spacial score (nSPS) is 25.5. The van der Waals surface area contributed by atoms with Crippen LogP contribution in [-0.2, 0) is 16.4 Å². The van der Waals surface area contributed by atoms with E-state index in [9.17, 15) is 8.42 Å². The summed E-state index contributed by atoms with van der Waals surface area (Å²) in [6.45, 7) is 3.37. The van der Waals surface area contributed by atoms with E-state index in [-0.39, 0.29) is 12.4 Å². The summed E-state index contributed by atoms with van der Waals surface area (Å²) in [6, 6.07) is 8.24. The highest BCUT2D eigenvalue weighted by molar-refractivity contribution is 7.89. The number of nitrogens with one attached hydrogen (secondary N) is 1. The van der Waals surface area contributed by atoms with E-state index in [2.05, 4.69) is 12.2 Å². The number of rotatable bonds is 4. The number of fused-ring (bicyclic) bond motifs is 2. The van der Waals surface area contributed by atoms with Crippen molar-refractivity contribution in [3.8, 4) is 0 Å². The molecule has 0 saturated carbocycles. The van der Waals surface area contributed by atoms with E-state index < -0.39 is 10.0 Å². The molecule has 0 spiro atoms. The van der Waals surface area contributed by atoms with Crippen LogP contribution in [0, 0.1) is 0 Å². The second kappa shape index (κ2) is 7.30. The lowest BCUT2D eigenvalue weighted by atomic mass is 10.1. The van der Waals surface area contributed by atoms with E-state index in [4.69, 9.17) is 0 Å². The summed E-state index contributed by atoms with van der Waals surface area (Å²) in [5, 5.41) is 3.53. The molecule has 2 bridgehead atoms. The van der Waals surface area contributed by atoms with Crippen LogP contribution in [0.1, 0.15) is 38.2 Å². The minimum atomic E-state index is -3.35. The summed E-state index contributed by atoms with van der Waals surface area (Å²) in [5.41, 5.74) is 1.20. The first-order chi connectivity index (χ1) is 10.1. The predicted molar refractivity (Wildman–Crippen MR) is 91.0 cm³/mol. The molecule has 1 aromatic rings. The molecular weight excluding hydrogens is 320 g/mol. The number of aryl methyl sites for hydroxylation is 1. The van der Waals surface area contributed by atoms with Crippen LogP contribution in [0.2, 0.25) is 0 Å². The maximum absolute atomic E-state index is 12.8. The fraction of sp³-hybridized carbons (Fsp3) is 0.625. The number of hydrogen-bond acceptors (Lipinski definition) is 3. The van der Waals surface area contributed by atoms with Crippen LogP contribution in [0.15, 0.2) is 29.2 Å². The van der Waals surface area contributed by atoms with Gasteiger partial charge in [-0.05, 0) is 43.4 Å². The van der Waals surface area contributed by atoms with Crippen LogP contribution in [0.5, 0.6) is 0 Å². The summed E-state index contributed by atoms with van der Waals surface area (Å²) >= 11 is 0. The largest absolute Gasteiger partial charge is 0.310 e. The Kier molecular flexibility index (Phi) is 5.88. The Labute approximate surface area is 139 Å². The van der Waals surface area contributed by atoms with Crippen LogP contribution in [0.25, 0.3) is 0 Å². The Morgan fingerprint density at radius 1 is 1.14 bits per heavy atom. The van der Waals surface area contributed by atoms with Crippen molar-refractivity contribution in [1.82, 2.24) is 9.62 Å². The lowest BCUT2D eigenvalue weighted by Gasteiger charge is -2.23. The van der Waals surface area contributed by atoms with Gasteiger partial charge in [0.25, 0.3) is 0 Å². The maximum atomic E-state index is 12.8. The first-order valence-electron chi connectivity index (χ1n) is 7.94. The van der Waals surface area contributed by atoms with Gasteiger partial charge in [-0.2, -0.15) is 4.31 Å². The van der Waals surface area contributed by atoms with Crippen LogP contribution in [-0.4, -0.2) is 37.9 Å². The molecule has 1 aromatic carbocycles. The third kappa shape index (κ3) is 3.65. The Morgan fingerprint density at radius 3 is 2.50 bits per heavy atom. The zero-order valence-electron chi connectivity index (χ0n) is 13.0. The van der Waals surface area contributed by atoms with Gasteiger partial charge in [0.05, 0.1) is 4.90 Å². The molecule has 3 rings (SSSR count). The van der Waals surface area contributed by atoms with Crippen molar-refractivity contribution >= 4 is 22.4 Å². The SMILES string of the molecule is CCCc1ccc(S(=O)(=O)N2CCC3CCC(C2)N3)cc1.Cl. The third-order valence-corrected chi connectivity index (χ3v) is 6.47. The third-order valence-electron chi connectivity index (χ3n) is 4.59. The van der Waals surface area contributed by atoms with Crippen molar-refractivity contribution in [2.45, 2.75) is 56.0 Å². The fourth-order valence-electron chi connectivity index (χ4n) is 3.40. The molecule has 2 heterocycles. The number of hydrogen-bond donors (Lipinski definition) is 1. The quantitative estimate of drug-likeness (QED) is 0.913. The Hall–Kier alpha value is -0.620. The van der Waals surface area contributed by atoms with Crippen LogP contribution in [0.4, 0.5) is 0 Å². The van der Waals surface area contributed by atoms with Crippen LogP contribution in [0.3, 0.4) is 0 Å². The lowest BCUT2D eigenvalue weighted by Crippen LogP contribution is -2.39. The number of nitrogens with zero attached hydrogens (tertiary/aromatic N) is 1. The zero-order chi connectivity index (χ0) is 14.9. The monoisotopic (exact) mass is 344 g/mol. The Balaban J connectivity index is 0.00000176. The van der Waals surface area contributed by atoms with Crippen molar-refractivity contribution in [2.75, 3.05) is 13.1 Å². The standard InChI is InChI=1S/C16H24N2O2S.ClH/c1-2-3-13-4-8-16(9-5-13)21(19,20)18-11-10-14-6-7-15(12-18)17-14;/h4-5,8-9,14-15,17H,2-3,6-7,10-12H2,1H3;1H. The Morgan fingerprint density at radius 2 is 1.82 bits per heavy atom. The molecular formula is C16H25ClN2O2S. The highest BCUT2D eigenvalue weighted by Gasteiger charge is 2.34. The summed E-state index contributed by atoms with van der Waals surface area (Å²) in [7, 11) is -3.35. The molecule has 2 aliphatic heterocycles. The summed E-state index contributed by atoms with van der Waals surface area (Å²) < 4.78 is 27.2. The molecule has 2 saturated heterocycles. The molecule has 4 nitrogen and oxygen atoms in total. The zero-order valence-corrected chi connectivity index (χ0v) is 14.6. The first kappa shape index (κ1) is 17.7. The smallest absolute Gasteiger partial charge is 0.243 e. The average molecular weight is 345 g/mol. The summed E-state index contributed by atoms with van der Waals surface area (Å²) in [6.07, 6.45) is 5.27. The van der Waals surface area contributed by atoms with Gasteiger partial charge in [-0.15, -0.1) is 12.4 Å². The molecule has 0 radical (unpaired) electrons. The van der Waals surface area contributed by atoms with Crippen LogP contribution >= 0.6 is 12.4 Å². The highest BCUT2D eigenvalue weighted by atomic mass is 35.5. The van der Waals surface area contributed by atoms with Gasteiger partial charge >= 0.3 is 0 Å². The number of sulfonamides is 1. The van der Waals surface area contributed by atoms with E-state index in [1.54, 1.807) is 16.4 Å². The molecule has 22 heavy (non-hydrogen) atoms. The van der Waals surface area contributed by atoms with Gasteiger partial charge in [0.1, 0.15) is 0 Å². The highest BCUT2D eigenvalue weighted by Crippen LogP contribution is 2.25. The molecule has 2 atom stereocenters. The number of benzene rings is 1. The van der Waals surface area contributed by atoms with E-state index in [1.165, 1.54) is 12.0 Å². The van der Waals surface area contributed by atoms with Gasteiger partial charge in [0, 0.05) is 25.2 Å². The van der Waals surface area contributed by atoms with E-state index >= 15 is 0 Å². The van der Waals surface area contributed by atoms with E-state index in [0.29, 0.717) is 30.1 Å². The molecule has 0 amide bonds. The minimum Gasteiger partial charge on any atom is -0.310 e. The van der Waals surface area contributed by atoms with Crippen molar-refractivity contribution < 1.29 is 8.42 Å². The molecule has 124 valence electrons. The average Bonchev–Trinajstić information content (AvgIpc) is 2.78. The fourth-order valence-corrected chi connectivity index (χ4v) is 4.90. The second-order valence-electron chi connectivity index (χ2n) is 6.18. The lowest BCUT2D eigenvalue weighted by molar-refractivity contribution is 0.383. The minimum absolute atomic E-state index is 0. The van der Waals surface area contributed by atoms with Crippen LogP contribution < -0.4 is 5.32 Å². The van der Waals surface area contributed by atoms with Crippen molar-refractivity contribution in [1.29, 1.82) is 0 Å². The van der Waals surface area contributed by atoms with E-state index in [1.807, 2.05) is 12.1 Å². The van der Waals surface area contributed by atoms with Gasteiger partial charge in [-0.1, -0.05) is 25.5 Å². The van der Waals surface area contributed by atoms with Gasteiger partial charge in [-0.25, -0.2) is 8.42 Å². The van der Waals surface area contributed by atoms with Crippen molar-refractivity contribution in [3.63, 3.8) is 0 Å². The Bertz CT molecular complexity index is 589.